The largest absolute Gasteiger partial charge is 0.353 e. The molecule has 1 aliphatic rings. The van der Waals surface area contributed by atoms with Crippen molar-refractivity contribution in [3.63, 3.8) is 0 Å². The zero-order chi connectivity index (χ0) is 16.1. The topological polar surface area (TPSA) is 122 Å². The Morgan fingerprint density at radius 3 is 2.14 bits per heavy atom. The third-order valence-corrected chi connectivity index (χ3v) is 3.17. The lowest BCUT2D eigenvalue weighted by atomic mass is 10.1. The van der Waals surface area contributed by atoms with Gasteiger partial charge in [0.15, 0.2) is 0 Å². The van der Waals surface area contributed by atoms with E-state index in [1.165, 1.54) is 0 Å². The van der Waals surface area contributed by atoms with Crippen molar-refractivity contribution in [3.8, 4) is 0 Å². The maximum Gasteiger partial charge on any atom is 0.261 e. The van der Waals surface area contributed by atoms with Crippen LogP contribution in [0.4, 0.5) is 0 Å². The van der Waals surface area contributed by atoms with Crippen molar-refractivity contribution >= 4 is 23.6 Å². The summed E-state index contributed by atoms with van der Waals surface area (Å²) >= 11 is 0. The van der Waals surface area contributed by atoms with Crippen molar-refractivity contribution in [2.24, 2.45) is 5.73 Å². The molecule has 8 heteroatoms. The van der Waals surface area contributed by atoms with Gasteiger partial charge in [-0.3, -0.25) is 24.1 Å². The van der Waals surface area contributed by atoms with E-state index < -0.39 is 11.8 Å². The molecule has 4 N–H and O–H groups in total. The molecule has 0 aliphatic carbocycles. The van der Waals surface area contributed by atoms with E-state index in [2.05, 4.69) is 10.6 Å². The first-order valence-corrected chi connectivity index (χ1v) is 6.73. The number of carbonyl (C=O) groups excluding carboxylic acids is 4. The molecule has 0 saturated heterocycles. The third kappa shape index (κ3) is 3.29. The number of nitrogens with zero attached hydrogens (tertiary/aromatic N) is 1. The van der Waals surface area contributed by atoms with Crippen LogP contribution in [0.2, 0.25) is 0 Å². The Hall–Kier alpha value is -2.74. The van der Waals surface area contributed by atoms with Crippen molar-refractivity contribution in [2.75, 3.05) is 26.2 Å². The van der Waals surface area contributed by atoms with Gasteiger partial charge in [0.05, 0.1) is 24.2 Å². The number of nitrogens with two attached hydrogens (primary N) is 1. The fourth-order valence-electron chi connectivity index (χ4n) is 2.06. The van der Waals surface area contributed by atoms with Gasteiger partial charge in [-0.2, -0.15) is 0 Å². The summed E-state index contributed by atoms with van der Waals surface area (Å²) in [6.45, 7) is -0.202. The number of nitrogens with one attached hydrogen (secondary N) is 2. The molecule has 0 fully saturated rings. The molecule has 116 valence electrons. The molecule has 8 nitrogen and oxygen atoms in total. The molecular formula is C14H16N4O4. The van der Waals surface area contributed by atoms with Gasteiger partial charge >= 0.3 is 0 Å². The van der Waals surface area contributed by atoms with E-state index in [0.717, 1.165) is 4.90 Å². The average Bonchev–Trinajstić information content (AvgIpc) is 2.78. The number of hydrogen-bond donors (Lipinski definition) is 3. The number of carbonyl (C=O) groups is 4. The van der Waals surface area contributed by atoms with Gasteiger partial charge in [-0.05, 0) is 12.1 Å². The second-order valence-corrected chi connectivity index (χ2v) is 4.64. The van der Waals surface area contributed by atoms with E-state index in [9.17, 15) is 19.2 Å². The zero-order valence-electron chi connectivity index (χ0n) is 11.8. The Labute approximate surface area is 126 Å². The highest BCUT2D eigenvalue weighted by Crippen LogP contribution is 2.21. The standard InChI is InChI=1S/C14H16N4O4/c15-7-11(19)17-8-12(20)16-5-6-18-13(21)9-3-1-2-4-10(9)14(18)22/h1-4H,5-8,15H2,(H,16,20)(H,17,19). The second kappa shape index (κ2) is 6.81. The Morgan fingerprint density at radius 1 is 1.00 bits per heavy atom. The summed E-state index contributed by atoms with van der Waals surface area (Å²) in [5.41, 5.74) is 5.83. The van der Waals surface area contributed by atoms with Crippen molar-refractivity contribution in [2.45, 2.75) is 0 Å². The van der Waals surface area contributed by atoms with Gasteiger partial charge < -0.3 is 16.4 Å². The highest BCUT2D eigenvalue weighted by molar-refractivity contribution is 6.21. The molecule has 0 bridgehead atoms. The third-order valence-electron chi connectivity index (χ3n) is 3.17. The van der Waals surface area contributed by atoms with Crippen LogP contribution in [-0.4, -0.2) is 54.7 Å². The van der Waals surface area contributed by atoms with Crippen LogP contribution in [0.3, 0.4) is 0 Å². The Balaban J connectivity index is 1.81. The Morgan fingerprint density at radius 2 is 1.59 bits per heavy atom. The van der Waals surface area contributed by atoms with Gasteiger partial charge in [0.2, 0.25) is 11.8 Å². The number of imide groups is 1. The van der Waals surface area contributed by atoms with E-state index >= 15 is 0 Å². The van der Waals surface area contributed by atoms with E-state index in [1.54, 1.807) is 24.3 Å². The molecule has 4 amide bonds. The number of amides is 4. The number of rotatable bonds is 6. The molecule has 0 spiro atoms. The number of hydrogen-bond acceptors (Lipinski definition) is 5. The van der Waals surface area contributed by atoms with E-state index in [0.29, 0.717) is 11.1 Å². The summed E-state index contributed by atoms with van der Waals surface area (Å²) in [6.07, 6.45) is 0. The molecule has 1 aliphatic heterocycles. The summed E-state index contributed by atoms with van der Waals surface area (Å²) in [6, 6.07) is 6.57. The fraction of sp³-hybridized carbons (Fsp3) is 0.286. The van der Waals surface area contributed by atoms with Crippen LogP contribution >= 0.6 is 0 Å². The van der Waals surface area contributed by atoms with E-state index in [1.807, 2.05) is 0 Å². The van der Waals surface area contributed by atoms with Gasteiger partial charge in [-0.1, -0.05) is 12.1 Å². The van der Waals surface area contributed by atoms with Crippen molar-refractivity contribution < 1.29 is 19.2 Å². The first-order valence-electron chi connectivity index (χ1n) is 6.73. The highest BCUT2D eigenvalue weighted by Gasteiger charge is 2.34. The van der Waals surface area contributed by atoms with Crippen molar-refractivity contribution in [1.82, 2.24) is 15.5 Å². The van der Waals surface area contributed by atoms with Crippen LogP contribution in [0.15, 0.2) is 24.3 Å². The average molecular weight is 304 g/mol. The predicted molar refractivity (Wildman–Crippen MR) is 76.9 cm³/mol. The summed E-state index contributed by atoms with van der Waals surface area (Å²) in [5.74, 6) is -1.59. The SMILES string of the molecule is NCC(=O)NCC(=O)NCCN1C(=O)c2ccccc2C1=O. The minimum absolute atomic E-state index is 0.0723. The Kier molecular flexibility index (Phi) is 4.84. The molecule has 0 unspecified atom stereocenters. The quantitative estimate of drug-likeness (QED) is 0.551. The molecule has 0 radical (unpaired) electrons. The molecule has 0 atom stereocenters. The minimum Gasteiger partial charge on any atom is -0.353 e. The normalized spacial score (nSPS) is 13.0. The van der Waals surface area contributed by atoms with Crippen LogP contribution < -0.4 is 16.4 Å². The fourth-order valence-corrected chi connectivity index (χ4v) is 2.06. The summed E-state index contributed by atoms with van der Waals surface area (Å²) in [7, 11) is 0. The zero-order valence-corrected chi connectivity index (χ0v) is 11.8. The lowest BCUT2D eigenvalue weighted by molar-refractivity contribution is -0.125. The van der Waals surface area contributed by atoms with Crippen LogP contribution in [-0.2, 0) is 9.59 Å². The maximum atomic E-state index is 12.1. The van der Waals surface area contributed by atoms with Crippen molar-refractivity contribution in [1.29, 1.82) is 0 Å². The Bertz CT molecular complexity index is 594. The number of fused-ring (bicyclic) bond motifs is 1. The monoisotopic (exact) mass is 304 g/mol. The van der Waals surface area contributed by atoms with Gasteiger partial charge in [0.25, 0.3) is 11.8 Å². The molecule has 1 aromatic rings. The molecule has 22 heavy (non-hydrogen) atoms. The van der Waals surface area contributed by atoms with Gasteiger partial charge in [0.1, 0.15) is 0 Å². The first-order chi connectivity index (χ1) is 10.5. The molecule has 2 rings (SSSR count). The second-order valence-electron chi connectivity index (χ2n) is 4.64. The minimum atomic E-state index is -0.435. The molecule has 0 aromatic heterocycles. The van der Waals surface area contributed by atoms with Crippen LogP contribution in [0.25, 0.3) is 0 Å². The maximum absolute atomic E-state index is 12.1. The van der Waals surface area contributed by atoms with E-state index in [-0.39, 0.29) is 38.0 Å². The highest BCUT2D eigenvalue weighted by atomic mass is 16.2. The summed E-state index contributed by atoms with van der Waals surface area (Å²) in [5, 5.41) is 4.84. The molecule has 1 aromatic carbocycles. The van der Waals surface area contributed by atoms with Crippen molar-refractivity contribution in [3.05, 3.63) is 35.4 Å². The molecular weight excluding hydrogens is 288 g/mol. The smallest absolute Gasteiger partial charge is 0.261 e. The van der Waals surface area contributed by atoms with Gasteiger partial charge in [-0.25, -0.2) is 0 Å². The van der Waals surface area contributed by atoms with Gasteiger partial charge in [-0.15, -0.1) is 0 Å². The first kappa shape index (κ1) is 15.6. The summed E-state index contributed by atoms with van der Waals surface area (Å²) < 4.78 is 0. The van der Waals surface area contributed by atoms with Crippen LogP contribution in [0, 0.1) is 0 Å². The lowest BCUT2D eigenvalue weighted by Crippen LogP contribution is -2.43. The van der Waals surface area contributed by atoms with Gasteiger partial charge in [0, 0.05) is 13.1 Å². The van der Waals surface area contributed by atoms with Crippen LogP contribution in [0.1, 0.15) is 20.7 Å². The number of benzene rings is 1. The molecule has 0 saturated carbocycles. The predicted octanol–water partition coefficient (Wildman–Crippen LogP) is -1.53. The molecule has 1 heterocycles. The summed E-state index contributed by atoms with van der Waals surface area (Å²) in [4.78, 5) is 47.6. The van der Waals surface area contributed by atoms with Crippen LogP contribution in [0.5, 0.6) is 0 Å². The van der Waals surface area contributed by atoms with E-state index in [4.69, 9.17) is 5.73 Å². The lowest BCUT2D eigenvalue weighted by Gasteiger charge is -2.14.